The molecule has 0 radical (unpaired) electrons. The number of hydrogen-bond acceptors (Lipinski definition) is 2. The first kappa shape index (κ1) is 23.0. The predicted octanol–water partition coefficient (Wildman–Crippen LogP) is 8.09. The molecule has 0 bridgehead atoms. The van der Waals surface area contributed by atoms with Gasteiger partial charge in [0.2, 0.25) is 0 Å². The van der Waals surface area contributed by atoms with E-state index < -0.39 is 0 Å². The maximum atomic E-state index is 5.94. The first-order valence-electron chi connectivity index (χ1n) is 11.8. The first-order valence-corrected chi connectivity index (χ1v) is 11.8. The van der Waals surface area contributed by atoms with Crippen LogP contribution in [0.1, 0.15) is 110 Å². The van der Waals surface area contributed by atoms with Gasteiger partial charge >= 0.3 is 0 Å². The van der Waals surface area contributed by atoms with E-state index in [1.54, 1.807) is 0 Å². The van der Waals surface area contributed by atoms with E-state index in [9.17, 15) is 0 Å². The standard InChI is InChI=1S/C26H43NO/c1-5-6-7-11-23-12-14-24(15-13-23)26-17-16-25(20-27-26)28-19-18-22(4)10-8-9-21(2)3/h9,16-17,20,22-24H,5-8,10-15,18-19H2,1-4H3. The van der Waals surface area contributed by atoms with E-state index in [0.717, 1.165) is 24.7 Å². The molecule has 0 aromatic carbocycles. The molecule has 1 aromatic rings. The average Bonchev–Trinajstić information content (AvgIpc) is 2.69. The molecule has 1 unspecified atom stereocenters. The van der Waals surface area contributed by atoms with E-state index in [2.05, 4.69) is 45.9 Å². The van der Waals surface area contributed by atoms with Crippen LogP contribution < -0.4 is 4.74 Å². The van der Waals surface area contributed by atoms with Crippen LogP contribution in [0.15, 0.2) is 30.0 Å². The maximum Gasteiger partial charge on any atom is 0.137 e. The van der Waals surface area contributed by atoms with Crippen LogP contribution in [0.2, 0.25) is 0 Å². The summed E-state index contributed by atoms with van der Waals surface area (Å²) >= 11 is 0. The van der Waals surface area contributed by atoms with Gasteiger partial charge < -0.3 is 4.74 Å². The summed E-state index contributed by atoms with van der Waals surface area (Å²) in [7, 11) is 0. The fourth-order valence-electron chi connectivity index (χ4n) is 4.33. The Bertz CT molecular complexity index is 550. The molecule has 2 nitrogen and oxygen atoms in total. The molecule has 0 spiro atoms. The molecule has 0 amide bonds. The van der Waals surface area contributed by atoms with E-state index in [1.807, 2.05) is 6.20 Å². The summed E-state index contributed by atoms with van der Waals surface area (Å²) in [6.07, 6.45) is 18.8. The van der Waals surface area contributed by atoms with Gasteiger partial charge in [-0.2, -0.15) is 0 Å². The van der Waals surface area contributed by atoms with Crippen molar-refractivity contribution >= 4 is 0 Å². The number of aromatic nitrogens is 1. The van der Waals surface area contributed by atoms with Gasteiger partial charge in [0.1, 0.15) is 5.75 Å². The molecule has 28 heavy (non-hydrogen) atoms. The monoisotopic (exact) mass is 385 g/mol. The van der Waals surface area contributed by atoms with Gasteiger partial charge in [-0.3, -0.25) is 4.98 Å². The van der Waals surface area contributed by atoms with Crippen LogP contribution >= 0.6 is 0 Å². The molecule has 158 valence electrons. The molecular weight excluding hydrogens is 342 g/mol. The lowest BCUT2D eigenvalue weighted by Crippen LogP contribution is -2.14. The molecule has 1 heterocycles. The lowest BCUT2D eigenvalue weighted by atomic mass is 9.78. The highest BCUT2D eigenvalue weighted by Gasteiger charge is 2.22. The molecule has 2 rings (SSSR count). The minimum Gasteiger partial charge on any atom is -0.492 e. The van der Waals surface area contributed by atoms with Crippen LogP contribution in [-0.4, -0.2) is 11.6 Å². The van der Waals surface area contributed by atoms with Crippen molar-refractivity contribution in [3.63, 3.8) is 0 Å². The Kier molecular flexibility index (Phi) is 10.7. The lowest BCUT2D eigenvalue weighted by molar-refractivity contribution is 0.277. The van der Waals surface area contributed by atoms with Crippen molar-refractivity contribution in [3.05, 3.63) is 35.7 Å². The molecule has 0 aliphatic heterocycles. The third-order valence-corrected chi connectivity index (χ3v) is 6.33. The van der Waals surface area contributed by atoms with Crippen LogP contribution in [0.5, 0.6) is 5.75 Å². The van der Waals surface area contributed by atoms with Gasteiger partial charge in [-0.15, -0.1) is 0 Å². The van der Waals surface area contributed by atoms with Crippen LogP contribution in [0, 0.1) is 11.8 Å². The number of rotatable bonds is 12. The SMILES string of the molecule is CCCCCC1CCC(c2ccc(OCCC(C)CCC=C(C)C)cn2)CC1. The van der Waals surface area contributed by atoms with Crippen molar-refractivity contribution < 1.29 is 4.74 Å². The normalized spacial score (nSPS) is 20.6. The molecule has 1 aromatic heterocycles. The topological polar surface area (TPSA) is 22.1 Å². The number of hydrogen-bond donors (Lipinski definition) is 0. The Morgan fingerprint density at radius 1 is 1.14 bits per heavy atom. The fourth-order valence-corrected chi connectivity index (χ4v) is 4.33. The summed E-state index contributed by atoms with van der Waals surface area (Å²) in [5.74, 6) is 3.25. The van der Waals surface area contributed by atoms with Crippen LogP contribution in [0.3, 0.4) is 0 Å². The van der Waals surface area contributed by atoms with Crippen molar-refractivity contribution in [1.82, 2.24) is 4.98 Å². The van der Waals surface area contributed by atoms with Crippen molar-refractivity contribution in [3.8, 4) is 5.75 Å². The zero-order valence-corrected chi connectivity index (χ0v) is 18.9. The van der Waals surface area contributed by atoms with Crippen LogP contribution in [0.4, 0.5) is 0 Å². The average molecular weight is 386 g/mol. The predicted molar refractivity (Wildman–Crippen MR) is 121 cm³/mol. The third kappa shape index (κ3) is 8.80. The quantitative estimate of drug-likeness (QED) is 0.268. The molecule has 1 saturated carbocycles. The summed E-state index contributed by atoms with van der Waals surface area (Å²) in [4.78, 5) is 4.74. The number of ether oxygens (including phenoxy) is 1. The van der Waals surface area contributed by atoms with Crippen LogP contribution in [0.25, 0.3) is 0 Å². The summed E-state index contributed by atoms with van der Waals surface area (Å²) in [5.41, 5.74) is 2.69. The van der Waals surface area contributed by atoms with Crippen molar-refractivity contribution in [2.75, 3.05) is 6.61 Å². The largest absolute Gasteiger partial charge is 0.492 e. The van der Waals surface area contributed by atoms with Gasteiger partial charge in [0.05, 0.1) is 12.8 Å². The Labute approximate surface area is 174 Å². The molecular formula is C26H43NO. The Balaban J connectivity index is 1.66. The Hall–Kier alpha value is -1.31. The summed E-state index contributed by atoms with van der Waals surface area (Å²) in [6.45, 7) is 9.75. The second kappa shape index (κ2) is 13.0. The highest BCUT2D eigenvalue weighted by Crippen LogP contribution is 2.37. The highest BCUT2D eigenvalue weighted by atomic mass is 16.5. The fraction of sp³-hybridized carbons (Fsp3) is 0.731. The smallest absolute Gasteiger partial charge is 0.137 e. The van der Waals surface area contributed by atoms with Crippen molar-refractivity contribution in [1.29, 1.82) is 0 Å². The second-order valence-corrected chi connectivity index (χ2v) is 9.23. The van der Waals surface area contributed by atoms with Gasteiger partial charge in [-0.1, -0.05) is 51.2 Å². The van der Waals surface area contributed by atoms with Gasteiger partial charge in [0.25, 0.3) is 0 Å². The zero-order valence-electron chi connectivity index (χ0n) is 18.9. The van der Waals surface area contributed by atoms with Gasteiger partial charge in [-0.05, 0) is 82.8 Å². The summed E-state index contributed by atoms with van der Waals surface area (Å²) < 4.78 is 5.94. The van der Waals surface area contributed by atoms with Gasteiger partial charge in [-0.25, -0.2) is 0 Å². The number of pyridine rings is 1. The molecule has 0 saturated heterocycles. The second-order valence-electron chi connectivity index (χ2n) is 9.23. The molecule has 1 aliphatic rings. The van der Waals surface area contributed by atoms with Gasteiger partial charge in [0.15, 0.2) is 0 Å². The zero-order chi connectivity index (χ0) is 20.2. The van der Waals surface area contributed by atoms with Crippen LogP contribution in [-0.2, 0) is 0 Å². The van der Waals surface area contributed by atoms with Crippen molar-refractivity contribution in [2.45, 2.75) is 104 Å². The number of nitrogens with zero attached hydrogens (tertiary/aromatic N) is 1. The molecule has 1 fully saturated rings. The third-order valence-electron chi connectivity index (χ3n) is 6.33. The number of allylic oxidation sites excluding steroid dienone is 2. The minimum atomic E-state index is 0.659. The maximum absolute atomic E-state index is 5.94. The first-order chi connectivity index (χ1) is 13.6. The van der Waals surface area contributed by atoms with E-state index in [0.29, 0.717) is 11.8 Å². The highest BCUT2D eigenvalue weighted by molar-refractivity contribution is 5.22. The molecule has 2 heteroatoms. The van der Waals surface area contributed by atoms with Gasteiger partial charge in [0, 0.05) is 11.6 Å². The summed E-state index contributed by atoms with van der Waals surface area (Å²) in [6, 6.07) is 4.33. The Morgan fingerprint density at radius 2 is 1.93 bits per heavy atom. The van der Waals surface area contributed by atoms with E-state index in [4.69, 9.17) is 9.72 Å². The Morgan fingerprint density at radius 3 is 2.57 bits per heavy atom. The molecule has 1 aliphatic carbocycles. The summed E-state index contributed by atoms with van der Waals surface area (Å²) in [5, 5.41) is 0. The lowest BCUT2D eigenvalue weighted by Gasteiger charge is -2.28. The van der Waals surface area contributed by atoms with E-state index in [1.165, 1.54) is 75.5 Å². The van der Waals surface area contributed by atoms with Crippen molar-refractivity contribution in [2.24, 2.45) is 11.8 Å². The van der Waals surface area contributed by atoms with E-state index in [-0.39, 0.29) is 0 Å². The molecule has 1 atom stereocenters. The molecule has 0 N–H and O–H groups in total. The number of unbranched alkanes of at least 4 members (excludes halogenated alkanes) is 2. The minimum absolute atomic E-state index is 0.659. The van der Waals surface area contributed by atoms with E-state index >= 15 is 0 Å².